The summed E-state index contributed by atoms with van der Waals surface area (Å²) in [6.45, 7) is 17.1. The van der Waals surface area contributed by atoms with Crippen molar-refractivity contribution in [3.63, 3.8) is 0 Å². The molecule has 236 valence electrons. The molecule has 7 heteroatoms. The fourth-order valence-corrected chi connectivity index (χ4v) is 4.19. The number of hydrogen-bond acceptors (Lipinski definition) is 6. The van der Waals surface area contributed by atoms with Crippen LogP contribution in [-0.2, 0) is 4.74 Å². The second-order valence-corrected chi connectivity index (χ2v) is 9.23. The molecule has 42 heavy (non-hydrogen) atoms. The van der Waals surface area contributed by atoms with E-state index in [9.17, 15) is 4.79 Å². The number of carbonyl (C=O) groups excluding carboxylic acids is 1. The summed E-state index contributed by atoms with van der Waals surface area (Å²) in [7, 11) is 3.70. The molecule has 1 atom stereocenters. The molecule has 1 amide bonds. The van der Waals surface area contributed by atoms with E-state index in [-0.39, 0.29) is 12.0 Å². The number of aliphatic hydroxyl groups excluding tert-OH is 1. The normalized spacial score (nSPS) is 14.1. The summed E-state index contributed by atoms with van der Waals surface area (Å²) in [5.74, 6) is 2.29. The molecule has 3 rings (SSSR count). The third kappa shape index (κ3) is 15.1. The van der Waals surface area contributed by atoms with Gasteiger partial charge in [-0.15, -0.1) is 0 Å². The molecule has 7 nitrogen and oxygen atoms in total. The molecule has 0 saturated carbocycles. The maximum atomic E-state index is 12.6. The van der Waals surface area contributed by atoms with Gasteiger partial charge in [-0.3, -0.25) is 4.79 Å². The molecule has 2 aromatic carbocycles. The lowest BCUT2D eigenvalue weighted by Crippen LogP contribution is -2.38. The van der Waals surface area contributed by atoms with Gasteiger partial charge in [-0.1, -0.05) is 71.0 Å². The Morgan fingerprint density at radius 2 is 1.67 bits per heavy atom. The number of methoxy groups -OCH3 is 1. The molecule has 0 aromatic heterocycles. The van der Waals surface area contributed by atoms with Gasteiger partial charge in [-0.05, 0) is 74.9 Å². The Morgan fingerprint density at radius 3 is 2.17 bits per heavy atom. The number of rotatable bonds is 11. The van der Waals surface area contributed by atoms with Crippen molar-refractivity contribution in [2.45, 2.75) is 73.8 Å². The molecule has 0 spiro atoms. The van der Waals surface area contributed by atoms with Crippen LogP contribution in [0.25, 0.3) is 0 Å². The molecule has 2 aromatic rings. The average Bonchev–Trinajstić information content (AvgIpc) is 3.04. The zero-order valence-electron chi connectivity index (χ0n) is 27.6. The van der Waals surface area contributed by atoms with Crippen molar-refractivity contribution in [1.82, 2.24) is 15.5 Å². The van der Waals surface area contributed by atoms with Crippen LogP contribution >= 0.6 is 0 Å². The largest absolute Gasteiger partial charge is 0.494 e. The molecule has 1 fully saturated rings. The summed E-state index contributed by atoms with van der Waals surface area (Å²) in [5.41, 5.74) is 2.43. The Hall–Kier alpha value is -3.29. The fraction of sp³-hybridized carbons (Fsp3) is 0.514. The summed E-state index contributed by atoms with van der Waals surface area (Å²) in [6, 6.07) is 16.8. The average molecular weight is 584 g/mol. The number of piperidine rings is 1. The minimum Gasteiger partial charge on any atom is -0.494 e. The summed E-state index contributed by atoms with van der Waals surface area (Å²) in [4.78, 5) is 15.0. The first-order valence-electron chi connectivity index (χ1n) is 15.5. The van der Waals surface area contributed by atoms with Gasteiger partial charge in [-0.2, -0.15) is 0 Å². The summed E-state index contributed by atoms with van der Waals surface area (Å²) < 4.78 is 10.8. The number of nitrogens with one attached hydrogen (secondary N) is 2. The van der Waals surface area contributed by atoms with Crippen molar-refractivity contribution in [2.24, 2.45) is 5.92 Å². The molecule has 1 aliphatic heterocycles. The van der Waals surface area contributed by atoms with Gasteiger partial charge in [0.05, 0.1) is 12.7 Å². The molecular formula is C35H57N3O4. The quantitative estimate of drug-likeness (QED) is 0.241. The van der Waals surface area contributed by atoms with Crippen molar-refractivity contribution in [3.8, 4) is 5.75 Å². The lowest BCUT2D eigenvalue weighted by molar-refractivity contribution is 0.0964. The molecular weight excluding hydrogens is 526 g/mol. The van der Waals surface area contributed by atoms with Gasteiger partial charge in [0.15, 0.2) is 0 Å². The number of hydrogen-bond donors (Lipinski definition) is 3. The van der Waals surface area contributed by atoms with E-state index in [0.29, 0.717) is 23.8 Å². The Balaban J connectivity index is 0.00000108. The van der Waals surface area contributed by atoms with E-state index in [1.54, 1.807) is 26.2 Å². The molecule has 3 N–H and O–H groups in total. The monoisotopic (exact) mass is 583 g/mol. The Labute approximate surface area is 256 Å². The van der Waals surface area contributed by atoms with E-state index in [0.717, 1.165) is 56.0 Å². The number of carbonyl (C=O) groups is 1. The SMILES string of the molecule is CC.CC.CC(O)c1ccccc1.CCOc1cccc(C(=O)N/C(=C/C=C(\NC)N2CCC(COC)CC2)CC)c1. The Kier molecular flexibility index (Phi) is 22.4. The van der Waals surface area contributed by atoms with Crippen LogP contribution < -0.4 is 15.4 Å². The fourth-order valence-electron chi connectivity index (χ4n) is 4.19. The maximum absolute atomic E-state index is 12.6. The number of ether oxygens (including phenoxy) is 2. The van der Waals surface area contributed by atoms with E-state index >= 15 is 0 Å². The van der Waals surface area contributed by atoms with Gasteiger partial charge in [0.25, 0.3) is 5.91 Å². The topological polar surface area (TPSA) is 83.1 Å². The van der Waals surface area contributed by atoms with Crippen LogP contribution in [0.1, 0.15) is 89.8 Å². The highest BCUT2D eigenvalue weighted by Crippen LogP contribution is 2.20. The molecule has 0 radical (unpaired) electrons. The molecule has 1 aliphatic rings. The van der Waals surface area contributed by atoms with Crippen LogP contribution in [0.3, 0.4) is 0 Å². The van der Waals surface area contributed by atoms with Gasteiger partial charge in [0.1, 0.15) is 11.6 Å². The van der Waals surface area contributed by atoms with Crippen molar-refractivity contribution in [3.05, 3.63) is 89.4 Å². The second-order valence-electron chi connectivity index (χ2n) is 9.23. The lowest BCUT2D eigenvalue weighted by atomic mass is 9.98. The highest BCUT2D eigenvalue weighted by Gasteiger charge is 2.20. The standard InChI is InChI=1S/C23H35N3O3.C8H10O.2C2H6/c1-5-20(25-23(27)19-8-7-9-21(16-19)29-6-2)10-11-22(24-3)26-14-12-18(13-15-26)17-28-4;1-7(9)8-5-3-2-4-6-8;2*1-2/h7-11,16,18,24H,5-6,12-15,17H2,1-4H3,(H,25,27);2-7,9H,1H3;2*1-2H3/b20-10+,22-11+;;;. The molecule has 1 heterocycles. The summed E-state index contributed by atoms with van der Waals surface area (Å²) >= 11 is 0. The van der Waals surface area contributed by atoms with Crippen molar-refractivity contribution >= 4 is 5.91 Å². The molecule has 1 saturated heterocycles. The van der Waals surface area contributed by atoms with Gasteiger partial charge in [0.2, 0.25) is 0 Å². The van der Waals surface area contributed by atoms with E-state index in [1.165, 1.54) is 0 Å². The van der Waals surface area contributed by atoms with Crippen LogP contribution in [0.5, 0.6) is 5.75 Å². The van der Waals surface area contributed by atoms with Gasteiger partial charge >= 0.3 is 0 Å². The van der Waals surface area contributed by atoms with Crippen LogP contribution in [0, 0.1) is 5.92 Å². The van der Waals surface area contributed by atoms with Crippen molar-refractivity contribution in [1.29, 1.82) is 0 Å². The highest BCUT2D eigenvalue weighted by atomic mass is 16.5. The Morgan fingerprint density at radius 1 is 1.02 bits per heavy atom. The molecule has 1 unspecified atom stereocenters. The first-order valence-corrected chi connectivity index (χ1v) is 15.5. The highest BCUT2D eigenvalue weighted by molar-refractivity contribution is 5.95. The maximum Gasteiger partial charge on any atom is 0.255 e. The zero-order chi connectivity index (χ0) is 31.8. The van der Waals surface area contributed by atoms with E-state index in [1.807, 2.05) is 103 Å². The number of likely N-dealkylation sites (tertiary alicyclic amines) is 1. The van der Waals surface area contributed by atoms with Gasteiger partial charge < -0.3 is 30.1 Å². The number of nitrogens with zero attached hydrogens (tertiary/aromatic N) is 1. The van der Waals surface area contributed by atoms with Crippen LogP contribution in [0.4, 0.5) is 0 Å². The Bertz CT molecular complexity index is 1010. The zero-order valence-corrected chi connectivity index (χ0v) is 27.6. The minimum absolute atomic E-state index is 0.126. The van der Waals surface area contributed by atoms with E-state index in [4.69, 9.17) is 14.6 Å². The minimum atomic E-state index is -0.341. The van der Waals surface area contributed by atoms with Crippen molar-refractivity contribution in [2.75, 3.05) is 40.5 Å². The van der Waals surface area contributed by atoms with Crippen LogP contribution in [0.2, 0.25) is 0 Å². The lowest BCUT2D eigenvalue weighted by Gasteiger charge is -2.34. The first-order chi connectivity index (χ1) is 20.4. The predicted octanol–water partition coefficient (Wildman–Crippen LogP) is 7.32. The third-order valence-corrected chi connectivity index (χ3v) is 6.40. The van der Waals surface area contributed by atoms with Crippen LogP contribution in [-0.4, -0.2) is 56.4 Å². The predicted molar refractivity (Wildman–Crippen MR) is 177 cm³/mol. The van der Waals surface area contributed by atoms with E-state index in [2.05, 4.69) is 15.5 Å². The first kappa shape index (κ1) is 38.7. The number of aliphatic hydroxyl groups is 1. The second kappa shape index (κ2) is 24.3. The van der Waals surface area contributed by atoms with Gasteiger partial charge in [-0.25, -0.2) is 0 Å². The van der Waals surface area contributed by atoms with Crippen LogP contribution in [0.15, 0.2) is 78.3 Å². The number of allylic oxidation sites excluding steroid dienone is 3. The summed E-state index contributed by atoms with van der Waals surface area (Å²) in [6.07, 6.45) is 6.68. The molecule has 0 aliphatic carbocycles. The van der Waals surface area contributed by atoms with Crippen molar-refractivity contribution < 1.29 is 19.4 Å². The third-order valence-electron chi connectivity index (χ3n) is 6.40. The molecule has 0 bridgehead atoms. The number of benzene rings is 2. The van der Waals surface area contributed by atoms with E-state index < -0.39 is 0 Å². The van der Waals surface area contributed by atoms with Gasteiger partial charge in [0, 0.05) is 45.1 Å². The number of amides is 1. The summed E-state index contributed by atoms with van der Waals surface area (Å²) in [5, 5.41) is 15.3. The smallest absolute Gasteiger partial charge is 0.255 e.